The monoisotopic (exact) mass is 316 g/mol. The van der Waals surface area contributed by atoms with Gasteiger partial charge in [0.15, 0.2) is 0 Å². The molecule has 0 saturated carbocycles. The van der Waals surface area contributed by atoms with Crippen molar-refractivity contribution in [3.05, 3.63) is 101 Å². The van der Waals surface area contributed by atoms with E-state index in [1.54, 1.807) is 0 Å². The molecule has 0 N–H and O–H groups in total. The summed E-state index contributed by atoms with van der Waals surface area (Å²) in [5, 5.41) is 0. The minimum atomic E-state index is -0.223. The molecule has 3 rings (SSSR count). The zero-order chi connectivity index (χ0) is 16.9. The van der Waals surface area contributed by atoms with E-state index in [1.807, 2.05) is 60.2 Å². The Hall–Kier alpha value is -2.94. The summed E-state index contributed by atoms with van der Waals surface area (Å²) in [6, 6.07) is 21.6. The molecule has 0 bridgehead atoms. The number of carbonyl (C=O) groups excluding carboxylic acids is 1. The maximum Gasteiger partial charge on any atom is 0.278 e. The van der Waals surface area contributed by atoms with Crippen molar-refractivity contribution < 1.29 is 4.79 Å². The first-order chi connectivity index (χ1) is 11.6. The first kappa shape index (κ1) is 15.9. The highest BCUT2D eigenvalue weighted by Crippen LogP contribution is 2.06. The second kappa shape index (κ2) is 7.09. The van der Waals surface area contributed by atoms with Crippen LogP contribution in [0.4, 0.5) is 0 Å². The van der Waals surface area contributed by atoms with E-state index in [-0.39, 0.29) is 5.91 Å². The third-order valence-electron chi connectivity index (χ3n) is 3.90. The van der Waals surface area contributed by atoms with Crippen molar-refractivity contribution in [3.8, 4) is 0 Å². The summed E-state index contributed by atoms with van der Waals surface area (Å²) in [4.78, 5) is 16.7. The molecule has 3 heteroatoms. The van der Waals surface area contributed by atoms with Crippen LogP contribution in [0.15, 0.2) is 77.9 Å². The Morgan fingerprint density at radius 3 is 2.17 bits per heavy atom. The Labute approximate surface area is 141 Å². The molecule has 0 unspecified atom stereocenters. The van der Waals surface area contributed by atoms with Gasteiger partial charge in [0.25, 0.3) is 5.91 Å². The average Bonchev–Trinajstić information content (AvgIpc) is 2.59. The number of rotatable bonds is 3. The standard InChI is InChI=1S/C21H20N2O/c1-16-6-10-18(11-7-16)15-23-14-4-3-5-20(23)22-21(24)19-12-8-17(2)9-13-19/h3-14H,15H2,1-2H3. The van der Waals surface area contributed by atoms with E-state index in [0.717, 1.165) is 5.56 Å². The molecule has 1 amide bonds. The smallest absolute Gasteiger partial charge is 0.278 e. The number of benzene rings is 2. The van der Waals surface area contributed by atoms with Crippen LogP contribution in [0.5, 0.6) is 0 Å². The Kier molecular flexibility index (Phi) is 4.71. The molecule has 2 aromatic carbocycles. The van der Waals surface area contributed by atoms with Crippen LogP contribution >= 0.6 is 0 Å². The molecule has 0 spiro atoms. The van der Waals surface area contributed by atoms with Gasteiger partial charge in [-0.25, -0.2) is 0 Å². The highest BCUT2D eigenvalue weighted by molar-refractivity contribution is 5.94. The lowest BCUT2D eigenvalue weighted by molar-refractivity contribution is 0.0997. The van der Waals surface area contributed by atoms with E-state index < -0.39 is 0 Å². The molecular weight excluding hydrogens is 296 g/mol. The highest BCUT2D eigenvalue weighted by Gasteiger charge is 2.04. The molecule has 0 fully saturated rings. The van der Waals surface area contributed by atoms with Gasteiger partial charge in [0, 0.05) is 18.3 Å². The molecule has 3 aromatic rings. The Morgan fingerprint density at radius 1 is 0.875 bits per heavy atom. The summed E-state index contributed by atoms with van der Waals surface area (Å²) < 4.78 is 1.98. The van der Waals surface area contributed by atoms with Crippen LogP contribution < -0.4 is 5.49 Å². The molecular formula is C21H20N2O. The summed E-state index contributed by atoms with van der Waals surface area (Å²) in [6.07, 6.45) is 1.95. The van der Waals surface area contributed by atoms with Gasteiger partial charge in [0.1, 0.15) is 5.49 Å². The van der Waals surface area contributed by atoms with Crippen LogP contribution in [0.25, 0.3) is 0 Å². The van der Waals surface area contributed by atoms with E-state index in [2.05, 4.69) is 36.2 Å². The fourth-order valence-electron chi connectivity index (χ4n) is 2.46. The first-order valence-electron chi connectivity index (χ1n) is 7.98. The lowest BCUT2D eigenvalue weighted by atomic mass is 10.1. The molecule has 120 valence electrons. The van der Waals surface area contributed by atoms with Crippen molar-refractivity contribution in [2.24, 2.45) is 4.99 Å². The van der Waals surface area contributed by atoms with Crippen molar-refractivity contribution in [2.75, 3.05) is 0 Å². The average molecular weight is 316 g/mol. The number of hydrogen-bond donors (Lipinski definition) is 0. The quantitative estimate of drug-likeness (QED) is 0.722. The topological polar surface area (TPSA) is 34.4 Å². The van der Waals surface area contributed by atoms with Crippen LogP contribution in [0.2, 0.25) is 0 Å². The SMILES string of the molecule is Cc1ccc(Cn2ccccc2=NC(=O)c2ccc(C)cc2)cc1. The predicted molar refractivity (Wildman–Crippen MR) is 95.8 cm³/mol. The van der Waals surface area contributed by atoms with E-state index >= 15 is 0 Å². The normalized spacial score (nSPS) is 11.5. The molecule has 0 aliphatic rings. The predicted octanol–water partition coefficient (Wildman–Crippen LogP) is 3.89. The first-order valence-corrected chi connectivity index (χ1v) is 7.98. The molecule has 1 aromatic heterocycles. The fraction of sp³-hybridized carbons (Fsp3) is 0.143. The lowest BCUT2D eigenvalue weighted by Crippen LogP contribution is -2.22. The van der Waals surface area contributed by atoms with Crippen LogP contribution in [-0.2, 0) is 6.54 Å². The molecule has 0 radical (unpaired) electrons. The van der Waals surface area contributed by atoms with Crippen LogP contribution in [0.3, 0.4) is 0 Å². The number of aryl methyl sites for hydroxylation is 2. The van der Waals surface area contributed by atoms with Crippen LogP contribution in [-0.4, -0.2) is 10.5 Å². The highest BCUT2D eigenvalue weighted by atomic mass is 16.1. The number of nitrogens with zero attached hydrogens (tertiary/aromatic N) is 2. The van der Waals surface area contributed by atoms with Gasteiger partial charge in [-0.15, -0.1) is 0 Å². The van der Waals surface area contributed by atoms with Crippen molar-refractivity contribution >= 4 is 5.91 Å². The summed E-state index contributed by atoms with van der Waals surface area (Å²) in [6.45, 7) is 4.75. The van der Waals surface area contributed by atoms with Gasteiger partial charge >= 0.3 is 0 Å². The maximum absolute atomic E-state index is 12.4. The van der Waals surface area contributed by atoms with Gasteiger partial charge in [-0.3, -0.25) is 4.79 Å². The van der Waals surface area contributed by atoms with Gasteiger partial charge in [-0.2, -0.15) is 4.99 Å². The largest absolute Gasteiger partial charge is 0.328 e. The minimum Gasteiger partial charge on any atom is -0.328 e. The number of amides is 1. The fourth-order valence-corrected chi connectivity index (χ4v) is 2.46. The lowest BCUT2D eigenvalue weighted by Gasteiger charge is -2.08. The van der Waals surface area contributed by atoms with Gasteiger partial charge in [0.05, 0.1) is 0 Å². The van der Waals surface area contributed by atoms with Crippen molar-refractivity contribution in [1.29, 1.82) is 0 Å². The summed E-state index contributed by atoms with van der Waals surface area (Å²) in [5.74, 6) is -0.223. The second-order valence-corrected chi connectivity index (χ2v) is 5.96. The van der Waals surface area contributed by atoms with Gasteiger partial charge < -0.3 is 4.57 Å². The molecule has 0 saturated heterocycles. The van der Waals surface area contributed by atoms with Crippen LogP contribution in [0.1, 0.15) is 27.0 Å². The van der Waals surface area contributed by atoms with E-state index in [4.69, 9.17) is 0 Å². The van der Waals surface area contributed by atoms with Crippen molar-refractivity contribution in [2.45, 2.75) is 20.4 Å². The van der Waals surface area contributed by atoms with Crippen molar-refractivity contribution in [1.82, 2.24) is 4.57 Å². The molecule has 0 aliphatic heterocycles. The third kappa shape index (κ3) is 3.87. The Bertz CT molecular complexity index is 904. The molecule has 1 heterocycles. The number of pyridine rings is 1. The minimum absolute atomic E-state index is 0.223. The number of aromatic nitrogens is 1. The molecule has 24 heavy (non-hydrogen) atoms. The maximum atomic E-state index is 12.4. The van der Waals surface area contributed by atoms with Gasteiger partial charge in [-0.05, 0) is 43.7 Å². The second-order valence-electron chi connectivity index (χ2n) is 5.96. The Morgan fingerprint density at radius 2 is 1.50 bits per heavy atom. The number of carbonyl (C=O) groups is 1. The van der Waals surface area contributed by atoms with E-state index in [0.29, 0.717) is 17.6 Å². The van der Waals surface area contributed by atoms with Gasteiger partial charge in [-0.1, -0.05) is 53.6 Å². The van der Waals surface area contributed by atoms with Gasteiger partial charge in [0.2, 0.25) is 0 Å². The molecule has 0 atom stereocenters. The molecule has 3 nitrogen and oxygen atoms in total. The summed E-state index contributed by atoms with van der Waals surface area (Å²) in [7, 11) is 0. The zero-order valence-electron chi connectivity index (χ0n) is 13.9. The van der Waals surface area contributed by atoms with E-state index in [9.17, 15) is 4.79 Å². The van der Waals surface area contributed by atoms with Crippen LogP contribution in [0, 0.1) is 13.8 Å². The van der Waals surface area contributed by atoms with Crippen molar-refractivity contribution in [3.63, 3.8) is 0 Å². The zero-order valence-corrected chi connectivity index (χ0v) is 13.9. The molecule has 0 aliphatic carbocycles. The number of hydrogen-bond acceptors (Lipinski definition) is 1. The summed E-state index contributed by atoms with van der Waals surface area (Å²) >= 11 is 0. The Balaban J connectivity index is 1.92. The third-order valence-corrected chi connectivity index (χ3v) is 3.90. The van der Waals surface area contributed by atoms with E-state index in [1.165, 1.54) is 11.1 Å². The summed E-state index contributed by atoms with van der Waals surface area (Å²) in [5.41, 5.74) is 4.79.